The van der Waals surface area contributed by atoms with Crippen molar-refractivity contribution in [3.05, 3.63) is 34.9 Å². The fourth-order valence-electron chi connectivity index (χ4n) is 2.94. The number of hydrogen-bond acceptors (Lipinski definition) is 0. The first-order chi connectivity index (χ1) is 9.83. The molecule has 0 unspecified atom stereocenters. The highest BCUT2D eigenvalue weighted by Gasteiger charge is 2.07. The van der Waals surface area contributed by atoms with E-state index < -0.39 is 0 Å². The van der Waals surface area contributed by atoms with Gasteiger partial charge in [0.05, 0.1) is 0 Å². The lowest BCUT2D eigenvalue weighted by Crippen LogP contribution is -2.01. The summed E-state index contributed by atoms with van der Waals surface area (Å²) in [5.74, 6) is 0. The van der Waals surface area contributed by atoms with Gasteiger partial charge in [-0.25, -0.2) is 0 Å². The van der Waals surface area contributed by atoms with E-state index in [1.54, 1.807) is 16.7 Å². The number of aryl methyl sites for hydroxylation is 2. The van der Waals surface area contributed by atoms with Gasteiger partial charge in [-0.15, -0.1) is 0 Å². The summed E-state index contributed by atoms with van der Waals surface area (Å²) in [5.41, 5.74) is 4.97. The molecule has 0 N–H and O–H groups in total. The zero-order valence-electron chi connectivity index (χ0n) is 14.0. The van der Waals surface area contributed by atoms with Crippen molar-refractivity contribution >= 4 is 0 Å². The smallest absolute Gasteiger partial charge is 0.0274 e. The fraction of sp³-hybridized carbons (Fsp3) is 0.700. The largest absolute Gasteiger partial charge is 0.0654 e. The predicted molar refractivity (Wildman–Crippen MR) is 91.5 cm³/mol. The standard InChI is InChI=1S/C20H34/c1-4-7-10-11-14-19-16-12-15-18(13-8-5-2)20(19)17-9-6-3/h12,15-16H,4-11,13-14,17H2,1-3H3. The molecule has 0 aromatic heterocycles. The fourth-order valence-corrected chi connectivity index (χ4v) is 2.94. The Morgan fingerprint density at radius 1 is 0.600 bits per heavy atom. The summed E-state index contributed by atoms with van der Waals surface area (Å²) in [7, 11) is 0. The van der Waals surface area contributed by atoms with Crippen LogP contribution < -0.4 is 0 Å². The van der Waals surface area contributed by atoms with Gasteiger partial charge in [-0.2, -0.15) is 0 Å². The first-order valence-electron chi connectivity index (χ1n) is 8.93. The van der Waals surface area contributed by atoms with Crippen LogP contribution in [0.2, 0.25) is 0 Å². The van der Waals surface area contributed by atoms with Crippen LogP contribution in [0.3, 0.4) is 0 Å². The highest BCUT2D eigenvalue weighted by Crippen LogP contribution is 2.22. The van der Waals surface area contributed by atoms with Crippen molar-refractivity contribution in [1.82, 2.24) is 0 Å². The average Bonchev–Trinajstić information content (AvgIpc) is 2.48. The Labute approximate surface area is 127 Å². The molecule has 0 aliphatic heterocycles. The highest BCUT2D eigenvalue weighted by molar-refractivity contribution is 5.36. The van der Waals surface area contributed by atoms with Crippen LogP contribution in [0.25, 0.3) is 0 Å². The lowest BCUT2D eigenvalue weighted by Gasteiger charge is -2.15. The van der Waals surface area contributed by atoms with Crippen LogP contribution in [0.15, 0.2) is 18.2 Å². The van der Waals surface area contributed by atoms with Crippen LogP contribution in [-0.2, 0) is 19.3 Å². The third-order valence-corrected chi connectivity index (χ3v) is 4.25. The molecule has 0 spiro atoms. The first-order valence-corrected chi connectivity index (χ1v) is 8.93. The highest BCUT2D eigenvalue weighted by atomic mass is 14.1. The van der Waals surface area contributed by atoms with E-state index in [-0.39, 0.29) is 0 Å². The Hall–Kier alpha value is -0.780. The summed E-state index contributed by atoms with van der Waals surface area (Å²) in [6, 6.07) is 7.04. The molecule has 0 bridgehead atoms. The summed E-state index contributed by atoms with van der Waals surface area (Å²) >= 11 is 0. The van der Waals surface area contributed by atoms with Gasteiger partial charge in [0.2, 0.25) is 0 Å². The second-order valence-electron chi connectivity index (χ2n) is 6.07. The van der Waals surface area contributed by atoms with Gasteiger partial charge in [0, 0.05) is 0 Å². The van der Waals surface area contributed by atoms with E-state index in [1.165, 1.54) is 70.6 Å². The Kier molecular flexibility index (Phi) is 9.45. The molecule has 1 aromatic rings. The molecule has 0 saturated carbocycles. The summed E-state index contributed by atoms with van der Waals surface area (Å²) in [4.78, 5) is 0. The molecule has 0 aliphatic carbocycles. The van der Waals surface area contributed by atoms with E-state index >= 15 is 0 Å². The third-order valence-electron chi connectivity index (χ3n) is 4.25. The third kappa shape index (κ3) is 6.11. The van der Waals surface area contributed by atoms with E-state index in [9.17, 15) is 0 Å². The van der Waals surface area contributed by atoms with E-state index in [0.717, 1.165) is 0 Å². The van der Waals surface area contributed by atoms with Gasteiger partial charge in [0.1, 0.15) is 0 Å². The molecule has 0 heteroatoms. The molecule has 0 heterocycles. The van der Waals surface area contributed by atoms with Crippen LogP contribution in [0, 0.1) is 0 Å². The van der Waals surface area contributed by atoms with Crippen molar-refractivity contribution in [2.75, 3.05) is 0 Å². The summed E-state index contributed by atoms with van der Waals surface area (Å²) < 4.78 is 0. The van der Waals surface area contributed by atoms with E-state index in [4.69, 9.17) is 0 Å². The molecule has 1 rings (SSSR count). The van der Waals surface area contributed by atoms with Crippen LogP contribution >= 0.6 is 0 Å². The van der Waals surface area contributed by atoms with E-state index in [2.05, 4.69) is 39.0 Å². The minimum atomic E-state index is 1.28. The van der Waals surface area contributed by atoms with Crippen molar-refractivity contribution in [2.24, 2.45) is 0 Å². The Balaban J connectivity index is 2.73. The quantitative estimate of drug-likeness (QED) is 0.404. The number of hydrogen-bond donors (Lipinski definition) is 0. The van der Waals surface area contributed by atoms with Crippen molar-refractivity contribution in [3.8, 4) is 0 Å². The van der Waals surface area contributed by atoms with Crippen molar-refractivity contribution in [1.29, 1.82) is 0 Å². The molecule has 20 heavy (non-hydrogen) atoms. The van der Waals surface area contributed by atoms with Crippen molar-refractivity contribution in [3.63, 3.8) is 0 Å². The Morgan fingerprint density at radius 3 is 1.75 bits per heavy atom. The SMILES string of the molecule is CCCCCCc1cccc(CCCC)c1CCCC. The van der Waals surface area contributed by atoms with Gasteiger partial charge in [-0.3, -0.25) is 0 Å². The van der Waals surface area contributed by atoms with Crippen LogP contribution in [-0.4, -0.2) is 0 Å². The van der Waals surface area contributed by atoms with Gasteiger partial charge in [0.25, 0.3) is 0 Å². The first kappa shape index (κ1) is 17.3. The topological polar surface area (TPSA) is 0 Å². The van der Waals surface area contributed by atoms with Gasteiger partial charge in [0.15, 0.2) is 0 Å². The Bertz CT molecular complexity index is 351. The van der Waals surface area contributed by atoms with Crippen molar-refractivity contribution < 1.29 is 0 Å². The monoisotopic (exact) mass is 274 g/mol. The molecule has 0 nitrogen and oxygen atoms in total. The molecule has 0 amide bonds. The maximum absolute atomic E-state index is 2.38. The summed E-state index contributed by atoms with van der Waals surface area (Å²) in [6.07, 6.45) is 14.6. The van der Waals surface area contributed by atoms with Gasteiger partial charge in [-0.05, 0) is 55.2 Å². The second kappa shape index (κ2) is 10.9. The van der Waals surface area contributed by atoms with E-state index in [0.29, 0.717) is 0 Å². The summed E-state index contributed by atoms with van der Waals surface area (Å²) in [5, 5.41) is 0. The van der Waals surface area contributed by atoms with Crippen LogP contribution in [0.5, 0.6) is 0 Å². The number of benzene rings is 1. The maximum Gasteiger partial charge on any atom is -0.0274 e. The van der Waals surface area contributed by atoms with E-state index in [1.807, 2.05) is 0 Å². The molecule has 0 atom stereocenters. The molecular weight excluding hydrogens is 240 g/mol. The minimum Gasteiger partial charge on any atom is -0.0654 e. The summed E-state index contributed by atoms with van der Waals surface area (Å²) in [6.45, 7) is 6.88. The van der Waals surface area contributed by atoms with Crippen molar-refractivity contribution in [2.45, 2.75) is 91.4 Å². The lowest BCUT2D eigenvalue weighted by molar-refractivity contribution is 0.660. The zero-order valence-corrected chi connectivity index (χ0v) is 14.0. The van der Waals surface area contributed by atoms with Gasteiger partial charge in [-0.1, -0.05) is 71.1 Å². The predicted octanol–water partition coefficient (Wildman–Crippen LogP) is 6.49. The molecule has 0 aliphatic rings. The second-order valence-corrected chi connectivity index (χ2v) is 6.07. The van der Waals surface area contributed by atoms with Crippen LogP contribution in [0.4, 0.5) is 0 Å². The van der Waals surface area contributed by atoms with Gasteiger partial charge >= 0.3 is 0 Å². The normalized spacial score (nSPS) is 10.9. The molecule has 1 aromatic carbocycles. The molecule has 0 fully saturated rings. The minimum absolute atomic E-state index is 1.28. The molecule has 0 radical (unpaired) electrons. The van der Waals surface area contributed by atoms with Gasteiger partial charge < -0.3 is 0 Å². The molecule has 114 valence electrons. The van der Waals surface area contributed by atoms with Crippen LogP contribution in [0.1, 0.15) is 88.8 Å². The molecule has 0 saturated heterocycles. The molecular formula is C20H34. The Morgan fingerprint density at radius 2 is 1.15 bits per heavy atom. The maximum atomic E-state index is 2.38. The number of unbranched alkanes of at least 4 members (excludes halogenated alkanes) is 5. The average molecular weight is 274 g/mol. The zero-order chi connectivity index (χ0) is 14.6. The lowest BCUT2D eigenvalue weighted by atomic mass is 9.91. The number of rotatable bonds is 11.